The molecular weight excluding hydrogens is 388 g/mol. The molecule has 1 aromatic carbocycles. The van der Waals surface area contributed by atoms with E-state index in [9.17, 15) is 13.2 Å². The second kappa shape index (κ2) is 8.12. The van der Waals surface area contributed by atoms with Gasteiger partial charge in [-0.2, -0.15) is 4.31 Å². The zero-order valence-electron chi connectivity index (χ0n) is 16.6. The molecule has 0 spiro atoms. The number of fused-ring (bicyclic) bond motifs is 1. The number of nitrogens with zero attached hydrogens (tertiary/aromatic N) is 3. The van der Waals surface area contributed by atoms with Gasteiger partial charge >= 0.3 is 0 Å². The number of hydrogen-bond acceptors (Lipinski definition) is 5. The van der Waals surface area contributed by atoms with Crippen molar-refractivity contribution in [1.29, 1.82) is 0 Å². The van der Waals surface area contributed by atoms with E-state index in [2.05, 4.69) is 15.2 Å². The molecular formula is C21H26N4O3S. The number of aromatic nitrogens is 1. The number of piperidine rings is 1. The third-order valence-electron chi connectivity index (χ3n) is 5.64. The van der Waals surface area contributed by atoms with Crippen LogP contribution in [0.2, 0.25) is 0 Å². The van der Waals surface area contributed by atoms with Gasteiger partial charge in [0.2, 0.25) is 10.0 Å². The van der Waals surface area contributed by atoms with Crippen LogP contribution in [0, 0.1) is 0 Å². The third-order valence-corrected chi connectivity index (χ3v) is 6.88. The summed E-state index contributed by atoms with van der Waals surface area (Å²) in [5.41, 5.74) is 3.25. The number of rotatable bonds is 4. The molecule has 0 bridgehead atoms. The monoisotopic (exact) mass is 414 g/mol. The maximum Gasteiger partial charge on any atom is 0.259 e. The van der Waals surface area contributed by atoms with Crippen molar-refractivity contribution >= 4 is 27.4 Å². The summed E-state index contributed by atoms with van der Waals surface area (Å²) >= 11 is 0. The molecule has 1 saturated heterocycles. The van der Waals surface area contributed by atoms with E-state index < -0.39 is 10.0 Å². The van der Waals surface area contributed by atoms with Crippen LogP contribution in [-0.4, -0.2) is 49.5 Å². The lowest BCUT2D eigenvalue weighted by atomic mass is 9.99. The molecule has 29 heavy (non-hydrogen) atoms. The first-order chi connectivity index (χ1) is 13.9. The normalized spacial score (nSPS) is 17.6. The van der Waals surface area contributed by atoms with Crippen molar-refractivity contribution in [2.75, 3.05) is 36.1 Å². The predicted molar refractivity (Wildman–Crippen MR) is 114 cm³/mol. The Kier molecular flexibility index (Phi) is 5.56. The average molecular weight is 415 g/mol. The van der Waals surface area contributed by atoms with Gasteiger partial charge in [-0.15, -0.1) is 0 Å². The van der Waals surface area contributed by atoms with Crippen molar-refractivity contribution in [3.05, 3.63) is 53.2 Å². The van der Waals surface area contributed by atoms with Crippen molar-refractivity contribution in [3.8, 4) is 0 Å². The fourth-order valence-electron chi connectivity index (χ4n) is 4.11. The summed E-state index contributed by atoms with van der Waals surface area (Å²) in [6.45, 7) is 2.59. The average Bonchev–Trinajstić information content (AvgIpc) is 2.73. The van der Waals surface area contributed by atoms with Crippen LogP contribution in [0.15, 0.2) is 36.5 Å². The van der Waals surface area contributed by atoms with E-state index in [1.807, 2.05) is 24.3 Å². The smallest absolute Gasteiger partial charge is 0.259 e. The Morgan fingerprint density at radius 2 is 1.86 bits per heavy atom. The lowest BCUT2D eigenvalue weighted by Crippen LogP contribution is -2.35. The quantitative estimate of drug-likeness (QED) is 0.832. The molecule has 4 rings (SSSR count). The number of nitrogens with one attached hydrogen (secondary N) is 1. The molecule has 1 fully saturated rings. The molecule has 0 unspecified atom stereocenters. The largest absolute Gasteiger partial charge is 0.356 e. The molecule has 1 aromatic heterocycles. The molecule has 0 atom stereocenters. The second-order valence-corrected chi connectivity index (χ2v) is 9.65. The minimum atomic E-state index is -3.23. The molecule has 1 N–H and O–H groups in total. The van der Waals surface area contributed by atoms with Gasteiger partial charge in [-0.3, -0.25) is 4.79 Å². The van der Waals surface area contributed by atoms with Gasteiger partial charge in [-0.05, 0) is 55.0 Å². The minimum Gasteiger partial charge on any atom is -0.356 e. The summed E-state index contributed by atoms with van der Waals surface area (Å²) in [6, 6.07) is 9.25. The van der Waals surface area contributed by atoms with Crippen LogP contribution in [0.4, 0.5) is 11.5 Å². The van der Waals surface area contributed by atoms with E-state index in [1.165, 1.54) is 17.0 Å². The maximum absolute atomic E-state index is 13.1. The van der Waals surface area contributed by atoms with Crippen LogP contribution in [0.1, 0.15) is 40.7 Å². The van der Waals surface area contributed by atoms with Gasteiger partial charge in [0, 0.05) is 38.1 Å². The van der Waals surface area contributed by atoms with E-state index in [1.54, 1.807) is 12.3 Å². The van der Waals surface area contributed by atoms with Gasteiger partial charge in [0.25, 0.3) is 5.91 Å². The van der Waals surface area contributed by atoms with Crippen LogP contribution in [0.25, 0.3) is 0 Å². The molecule has 154 valence electrons. The Hall–Kier alpha value is -2.45. The van der Waals surface area contributed by atoms with E-state index in [0.29, 0.717) is 25.1 Å². The maximum atomic E-state index is 13.1. The van der Waals surface area contributed by atoms with Crippen LogP contribution in [-0.2, 0) is 23.0 Å². The van der Waals surface area contributed by atoms with E-state index >= 15 is 0 Å². The molecule has 3 heterocycles. The Morgan fingerprint density at radius 1 is 1.07 bits per heavy atom. The van der Waals surface area contributed by atoms with Gasteiger partial charge in [0.15, 0.2) is 0 Å². The summed E-state index contributed by atoms with van der Waals surface area (Å²) in [7, 11) is -3.23. The number of amides is 1. The van der Waals surface area contributed by atoms with Crippen LogP contribution in [0.5, 0.6) is 0 Å². The van der Waals surface area contributed by atoms with Crippen LogP contribution < -0.4 is 10.2 Å². The number of pyridine rings is 1. The first-order valence-electron chi connectivity index (χ1n) is 10.0. The number of carbonyl (C=O) groups excluding carboxylic acids is 1. The SMILES string of the molecule is CS(=O)(=O)N1CCc2c(cccc2NC(=O)c2cccnc2N2CCCCC2)C1. The highest BCUT2D eigenvalue weighted by Crippen LogP contribution is 2.29. The van der Waals surface area contributed by atoms with Crippen molar-refractivity contribution in [2.45, 2.75) is 32.2 Å². The van der Waals surface area contributed by atoms with Crippen molar-refractivity contribution in [2.24, 2.45) is 0 Å². The molecule has 0 saturated carbocycles. The highest BCUT2D eigenvalue weighted by atomic mass is 32.2. The number of anilines is 2. The summed E-state index contributed by atoms with van der Waals surface area (Å²) in [4.78, 5) is 19.8. The Balaban J connectivity index is 1.58. The molecule has 0 radical (unpaired) electrons. The van der Waals surface area contributed by atoms with Gasteiger partial charge in [-0.25, -0.2) is 13.4 Å². The lowest BCUT2D eigenvalue weighted by Gasteiger charge is -2.29. The molecule has 7 nitrogen and oxygen atoms in total. The molecule has 0 aliphatic carbocycles. The number of benzene rings is 1. The standard InChI is InChI=1S/C21H26N4O3S/c1-29(27,28)25-14-10-17-16(15-25)7-5-9-19(17)23-21(26)18-8-6-11-22-20(18)24-12-3-2-4-13-24/h5-9,11H,2-4,10,12-15H2,1H3,(H,23,26). The van der Waals surface area contributed by atoms with Gasteiger partial charge < -0.3 is 10.2 Å². The topological polar surface area (TPSA) is 82.6 Å². The summed E-state index contributed by atoms with van der Waals surface area (Å²) in [5.74, 6) is 0.551. The lowest BCUT2D eigenvalue weighted by molar-refractivity contribution is 0.102. The van der Waals surface area contributed by atoms with E-state index in [4.69, 9.17) is 0 Å². The van der Waals surface area contributed by atoms with Crippen molar-refractivity contribution in [1.82, 2.24) is 9.29 Å². The summed E-state index contributed by atoms with van der Waals surface area (Å²) in [6.07, 6.45) is 6.97. The highest BCUT2D eigenvalue weighted by molar-refractivity contribution is 7.88. The summed E-state index contributed by atoms with van der Waals surface area (Å²) < 4.78 is 25.2. The molecule has 1 amide bonds. The minimum absolute atomic E-state index is 0.183. The van der Waals surface area contributed by atoms with E-state index in [-0.39, 0.29) is 5.91 Å². The number of sulfonamides is 1. The van der Waals surface area contributed by atoms with Crippen LogP contribution in [0.3, 0.4) is 0 Å². The zero-order chi connectivity index (χ0) is 20.4. The second-order valence-electron chi connectivity index (χ2n) is 7.67. The van der Waals surface area contributed by atoms with Gasteiger partial charge in [0.05, 0.1) is 11.8 Å². The first kappa shape index (κ1) is 19.8. The molecule has 2 aliphatic heterocycles. The molecule has 8 heteroatoms. The number of hydrogen-bond donors (Lipinski definition) is 1. The predicted octanol–water partition coefficient (Wildman–Crippen LogP) is 2.64. The van der Waals surface area contributed by atoms with Gasteiger partial charge in [0.1, 0.15) is 5.82 Å². The fraction of sp³-hybridized carbons (Fsp3) is 0.429. The molecule has 2 aliphatic rings. The van der Waals surface area contributed by atoms with Crippen LogP contribution >= 0.6 is 0 Å². The Labute approximate surface area is 171 Å². The summed E-state index contributed by atoms with van der Waals surface area (Å²) in [5, 5.41) is 3.05. The van der Waals surface area contributed by atoms with Crippen molar-refractivity contribution < 1.29 is 13.2 Å². The molecule has 2 aromatic rings. The Bertz CT molecular complexity index is 1020. The third kappa shape index (κ3) is 4.28. The highest BCUT2D eigenvalue weighted by Gasteiger charge is 2.26. The first-order valence-corrected chi connectivity index (χ1v) is 11.9. The Morgan fingerprint density at radius 3 is 2.62 bits per heavy atom. The van der Waals surface area contributed by atoms with Gasteiger partial charge in [-0.1, -0.05) is 12.1 Å². The zero-order valence-corrected chi connectivity index (χ0v) is 17.4. The van der Waals surface area contributed by atoms with E-state index in [0.717, 1.165) is 48.6 Å². The van der Waals surface area contributed by atoms with Crippen molar-refractivity contribution in [3.63, 3.8) is 0 Å². The fourth-order valence-corrected chi connectivity index (χ4v) is 4.90. The number of carbonyl (C=O) groups is 1.